The fourth-order valence-electron chi connectivity index (χ4n) is 4.31. The zero-order valence-corrected chi connectivity index (χ0v) is 16.8. The van der Waals surface area contributed by atoms with Gasteiger partial charge in [0, 0.05) is 34.4 Å². The number of ether oxygens (including phenoxy) is 4. The molecule has 0 N–H and O–H groups in total. The van der Waals surface area contributed by atoms with Crippen LogP contribution in [0.5, 0.6) is 0 Å². The van der Waals surface area contributed by atoms with Crippen molar-refractivity contribution >= 4 is 11.9 Å². The van der Waals surface area contributed by atoms with Crippen LogP contribution in [0.15, 0.2) is 0 Å². The minimum absolute atomic E-state index is 0.335. The van der Waals surface area contributed by atoms with Crippen molar-refractivity contribution in [3.8, 4) is 0 Å². The average molecular weight is 381 g/mol. The molecule has 152 valence electrons. The maximum atomic E-state index is 5.30. The lowest BCUT2D eigenvalue weighted by molar-refractivity contribution is 0.136. The van der Waals surface area contributed by atoms with Crippen LogP contribution in [0.4, 0.5) is 11.9 Å². The Bertz CT molecular complexity index is 559. The summed E-state index contributed by atoms with van der Waals surface area (Å²) in [7, 11) is 6.57. The van der Waals surface area contributed by atoms with Crippen LogP contribution in [0.3, 0.4) is 0 Å². The zero-order chi connectivity index (χ0) is 19.2. The molecular formula is C18H31N5O4. The summed E-state index contributed by atoms with van der Waals surface area (Å²) in [6.45, 7) is 1.34. The highest BCUT2D eigenvalue weighted by atomic mass is 16.5. The maximum Gasteiger partial charge on any atom is 0.234 e. The van der Waals surface area contributed by atoms with Gasteiger partial charge in [-0.2, -0.15) is 15.0 Å². The number of hydrogen-bond donors (Lipinski definition) is 0. The molecule has 1 heterocycles. The number of nitrogens with zero attached hydrogens (tertiary/aromatic N) is 5. The molecule has 1 aromatic heterocycles. The van der Waals surface area contributed by atoms with Crippen molar-refractivity contribution in [2.75, 3.05) is 65.2 Å². The quantitative estimate of drug-likeness (QED) is 0.533. The second-order valence-corrected chi connectivity index (χ2v) is 7.33. The minimum Gasteiger partial charge on any atom is -0.364 e. The molecule has 2 aliphatic rings. The second kappa shape index (κ2) is 9.59. The van der Waals surface area contributed by atoms with Crippen LogP contribution in [0.2, 0.25) is 0 Å². The van der Waals surface area contributed by atoms with Gasteiger partial charge >= 0.3 is 0 Å². The molecule has 0 saturated heterocycles. The first-order valence-electron chi connectivity index (χ1n) is 9.41. The summed E-state index contributed by atoms with van der Waals surface area (Å²) >= 11 is 0. The van der Waals surface area contributed by atoms with Crippen molar-refractivity contribution in [1.29, 1.82) is 0 Å². The Morgan fingerprint density at radius 2 is 1.26 bits per heavy atom. The molecule has 2 saturated carbocycles. The lowest BCUT2D eigenvalue weighted by Crippen LogP contribution is -2.34. The Hall–Kier alpha value is -1.55. The van der Waals surface area contributed by atoms with E-state index < -0.39 is 0 Å². The second-order valence-electron chi connectivity index (χ2n) is 7.33. The molecular weight excluding hydrogens is 350 g/mol. The molecule has 0 aromatic carbocycles. The first kappa shape index (κ1) is 20.2. The Morgan fingerprint density at radius 1 is 0.741 bits per heavy atom. The molecule has 0 radical (unpaired) electrons. The standard InChI is InChI=1S/C18H31N5O4/c1-24-9-22(10-25-2)17-19-16(15-8-13-5-6-14(15)7-13)20-18(21-17)23(11-26-3)12-27-4/h13-15H,5-12H2,1-4H3. The van der Waals surface area contributed by atoms with Crippen LogP contribution in [0.25, 0.3) is 0 Å². The molecule has 3 rings (SSSR count). The van der Waals surface area contributed by atoms with E-state index in [1.807, 2.05) is 9.80 Å². The molecule has 2 aliphatic carbocycles. The predicted octanol–water partition coefficient (Wildman–Crippen LogP) is 1.80. The molecule has 0 aliphatic heterocycles. The van der Waals surface area contributed by atoms with E-state index in [1.165, 1.54) is 19.3 Å². The SMILES string of the molecule is COCN(COC)c1nc(C2CC3CCC2C3)nc(N(COC)COC)n1. The maximum absolute atomic E-state index is 5.30. The van der Waals surface area contributed by atoms with Gasteiger partial charge in [-0.25, -0.2) is 0 Å². The highest BCUT2D eigenvalue weighted by Gasteiger charge is 2.42. The third kappa shape index (κ3) is 4.66. The van der Waals surface area contributed by atoms with Gasteiger partial charge in [0.15, 0.2) is 0 Å². The molecule has 1 aromatic rings. The van der Waals surface area contributed by atoms with Crippen molar-refractivity contribution in [3.63, 3.8) is 0 Å². The smallest absolute Gasteiger partial charge is 0.234 e. The van der Waals surface area contributed by atoms with Gasteiger partial charge < -0.3 is 18.9 Å². The van der Waals surface area contributed by atoms with Crippen LogP contribution in [-0.4, -0.2) is 70.3 Å². The Kier molecular flexibility index (Phi) is 7.17. The summed E-state index contributed by atoms with van der Waals surface area (Å²) in [4.78, 5) is 18.0. The first-order valence-corrected chi connectivity index (χ1v) is 9.41. The highest BCUT2D eigenvalue weighted by molar-refractivity contribution is 5.39. The Balaban J connectivity index is 1.95. The summed E-state index contributed by atoms with van der Waals surface area (Å²) in [5, 5.41) is 0. The van der Waals surface area contributed by atoms with E-state index >= 15 is 0 Å². The molecule has 2 fully saturated rings. The first-order chi connectivity index (χ1) is 13.2. The number of aromatic nitrogens is 3. The third-order valence-corrected chi connectivity index (χ3v) is 5.40. The molecule has 27 heavy (non-hydrogen) atoms. The van der Waals surface area contributed by atoms with E-state index in [9.17, 15) is 0 Å². The summed E-state index contributed by atoms with van der Waals surface area (Å²) in [6.07, 6.45) is 5.06. The van der Waals surface area contributed by atoms with Crippen LogP contribution < -0.4 is 9.80 Å². The normalized spacial score (nSPS) is 23.8. The number of anilines is 2. The lowest BCUT2D eigenvalue weighted by atomic mass is 9.88. The molecule has 3 atom stereocenters. The third-order valence-electron chi connectivity index (χ3n) is 5.40. The summed E-state index contributed by atoms with van der Waals surface area (Å²) < 4.78 is 21.2. The fourth-order valence-corrected chi connectivity index (χ4v) is 4.31. The topological polar surface area (TPSA) is 82.1 Å². The predicted molar refractivity (Wildman–Crippen MR) is 100 cm³/mol. The largest absolute Gasteiger partial charge is 0.364 e. The highest BCUT2D eigenvalue weighted by Crippen LogP contribution is 2.52. The monoisotopic (exact) mass is 381 g/mol. The van der Waals surface area contributed by atoms with Crippen molar-refractivity contribution in [3.05, 3.63) is 5.82 Å². The summed E-state index contributed by atoms with van der Waals surface area (Å²) in [5.41, 5.74) is 0. The molecule has 2 bridgehead atoms. The number of methoxy groups -OCH3 is 4. The fraction of sp³-hybridized carbons (Fsp3) is 0.833. The summed E-state index contributed by atoms with van der Waals surface area (Å²) in [6, 6.07) is 0. The van der Waals surface area contributed by atoms with Gasteiger partial charge in [0.25, 0.3) is 0 Å². The van der Waals surface area contributed by atoms with Gasteiger partial charge in [-0.3, -0.25) is 9.80 Å². The van der Waals surface area contributed by atoms with Crippen molar-refractivity contribution in [1.82, 2.24) is 15.0 Å². The van der Waals surface area contributed by atoms with E-state index in [-0.39, 0.29) is 0 Å². The van der Waals surface area contributed by atoms with Crippen LogP contribution >= 0.6 is 0 Å². The van der Waals surface area contributed by atoms with Gasteiger partial charge in [-0.15, -0.1) is 0 Å². The van der Waals surface area contributed by atoms with Crippen molar-refractivity contribution in [2.24, 2.45) is 11.8 Å². The van der Waals surface area contributed by atoms with E-state index in [0.29, 0.717) is 50.7 Å². The van der Waals surface area contributed by atoms with E-state index in [2.05, 4.69) is 4.98 Å². The molecule has 0 amide bonds. The van der Waals surface area contributed by atoms with Crippen LogP contribution in [-0.2, 0) is 18.9 Å². The van der Waals surface area contributed by atoms with Gasteiger partial charge in [0.1, 0.15) is 32.7 Å². The Morgan fingerprint density at radius 3 is 1.63 bits per heavy atom. The van der Waals surface area contributed by atoms with E-state index in [1.54, 1.807) is 28.4 Å². The molecule has 3 unspecified atom stereocenters. The Labute approximate surface area is 161 Å². The lowest BCUT2D eigenvalue weighted by Gasteiger charge is -2.27. The van der Waals surface area contributed by atoms with Crippen LogP contribution in [0.1, 0.15) is 37.4 Å². The minimum atomic E-state index is 0.335. The van der Waals surface area contributed by atoms with Gasteiger partial charge in [-0.1, -0.05) is 6.42 Å². The number of hydrogen-bond acceptors (Lipinski definition) is 9. The van der Waals surface area contributed by atoms with Gasteiger partial charge in [0.2, 0.25) is 11.9 Å². The van der Waals surface area contributed by atoms with Crippen molar-refractivity contribution < 1.29 is 18.9 Å². The van der Waals surface area contributed by atoms with Crippen LogP contribution in [0, 0.1) is 11.8 Å². The average Bonchev–Trinajstić information content (AvgIpc) is 3.31. The molecule has 9 nitrogen and oxygen atoms in total. The molecule has 0 spiro atoms. The number of fused-ring (bicyclic) bond motifs is 2. The zero-order valence-electron chi connectivity index (χ0n) is 16.8. The van der Waals surface area contributed by atoms with E-state index in [4.69, 9.17) is 28.9 Å². The van der Waals surface area contributed by atoms with Gasteiger partial charge in [-0.05, 0) is 31.1 Å². The molecule has 9 heteroatoms. The number of rotatable bonds is 11. The van der Waals surface area contributed by atoms with E-state index in [0.717, 1.165) is 18.2 Å². The summed E-state index contributed by atoms with van der Waals surface area (Å²) in [5.74, 6) is 3.85. The van der Waals surface area contributed by atoms with Gasteiger partial charge in [0.05, 0.1) is 0 Å². The van der Waals surface area contributed by atoms with Crippen molar-refractivity contribution in [2.45, 2.75) is 31.6 Å².